The van der Waals surface area contributed by atoms with Gasteiger partial charge in [0.15, 0.2) is 10.9 Å². The first kappa shape index (κ1) is 21.5. The van der Waals surface area contributed by atoms with Crippen LogP contribution in [0, 0.1) is 0 Å². The molecule has 0 N–H and O–H groups in total. The zero-order valence-corrected chi connectivity index (χ0v) is 18.4. The van der Waals surface area contributed by atoms with Gasteiger partial charge in [0.1, 0.15) is 10.6 Å². The molecule has 0 spiro atoms. The quantitative estimate of drug-likeness (QED) is 0.208. The normalized spacial score (nSPS) is 11.1. The summed E-state index contributed by atoms with van der Waals surface area (Å²) in [7, 11) is 3.23. The number of fused-ring (bicyclic) bond motifs is 1. The van der Waals surface area contributed by atoms with Crippen molar-refractivity contribution in [1.29, 1.82) is 0 Å². The number of methoxy groups -OCH3 is 2. The molecule has 8 heteroatoms. The lowest BCUT2D eigenvalue weighted by Gasteiger charge is -2.11. The number of carbonyl (C=O) groups excluding carboxylic acids is 1. The maximum absolute atomic E-state index is 13.0. The Morgan fingerprint density at radius 3 is 2.66 bits per heavy atom. The molecule has 3 rings (SSSR count). The zero-order chi connectivity index (χ0) is 20.8. The van der Waals surface area contributed by atoms with Gasteiger partial charge in [-0.2, -0.15) is 0 Å². The lowest BCUT2D eigenvalue weighted by molar-refractivity contribution is 0.102. The highest BCUT2D eigenvalue weighted by atomic mass is 32.2. The van der Waals surface area contributed by atoms with Crippen LogP contribution in [0.1, 0.15) is 28.6 Å². The molecule has 0 amide bonds. The number of ketones is 1. The highest BCUT2D eigenvalue weighted by molar-refractivity contribution is 7.99. The summed E-state index contributed by atoms with van der Waals surface area (Å²) >= 11 is 2.84. The minimum Gasteiger partial charge on any atom is -0.497 e. The minimum absolute atomic E-state index is 0.0177. The Labute approximate surface area is 177 Å². The summed E-state index contributed by atoms with van der Waals surface area (Å²) in [6, 6.07) is 8.95. The van der Waals surface area contributed by atoms with E-state index in [1.807, 2.05) is 6.07 Å². The van der Waals surface area contributed by atoms with Crippen molar-refractivity contribution in [3.63, 3.8) is 0 Å². The van der Waals surface area contributed by atoms with E-state index in [1.165, 1.54) is 23.1 Å². The van der Waals surface area contributed by atoms with Gasteiger partial charge in [0.05, 0.1) is 18.2 Å². The Kier molecular flexibility index (Phi) is 7.46. The van der Waals surface area contributed by atoms with Crippen LogP contribution in [0.2, 0.25) is 0 Å². The van der Waals surface area contributed by atoms with Gasteiger partial charge in [0.25, 0.3) is 5.56 Å². The third-order valence-corrected chi connectivity index (χ3v) is 6.64. The largest absolute Gasteiger partial charge is 0.497 e. The van der Waals surface area contributed by atoms with Crippen LogP contribution in [0.15, 0.2) is 40.3 Å². The number of rotatable bonds is 10. The molecule has 0 saturated carbocycles. The summed E-state index contributed by atoms with van der Waals surface area (Å²) in [5, 5.41) is 1.22. The number of thiophene rings is 1. The number of Topliss-reactive ketones (excluding diaryl/α,β-unsaturated/α-hetero) is 1. The summed E-state index contributed by atoms with van der Waals surface area (Å²) < 4.78 is 11.9. The van der Waals surface area contributed by atoms with E-state index in [9.17, 15) is 9.59 Å². The highest BCUT2D eigenvalue weighted by Gasteiger charge is 2.16. The van der Waals surface area contributed by atoms with Gasteiger partial charge in [-0.1, -0.05) is 18.7 Å². The first-order chi connectivity index (χ1) is 14.1. The number of hydrogen-bond acceptors (Lipinski definition) is 7. The molecular weight excluding hydrogens is 408 g/mol. The molecular formula is C21H24N2O4S2. The number of benzene rings is 1. The number of carbonyl (C=O) groups is 1. The topological polar surface area (TPSA) is 70.4 Å². The molecule has 0 saturated heterocycles. The van der Waals surface area contributed by atoms with Gasteiger partial charge >= 0.3 is 0 Å². The van der Waals surface area contributed by atoms with E-state index in [4.69, 9.17) is 14.5 Å². The van der Waals surface area contributed by atoms with Gasteiger partial charge in [-0.05, 0) is 43.2 Å². The molecule has 6 nitrogen and oxygen atoms in total. The Morgan fingerprint density at radius 1 is 1.24 bits per heavy atom. The number of aromatic nitrogens is 2. The highest BCUT2D eigenvalue weighted by Crippen LogP contribution is 2.26. The van der Waals surface area contributed by atoms with Gasteiger partial charge in [-0.25, -0.2) is 4.98 Å². The van der Waals surface area contributed by atoms with Crippen molar-refractivity contribution >= 4 is 39.1 Å². The van der Waals surface area contributed by atoms with Crippen LogP contribution in [0.5, 0.6) is 5.75 Å². The van der Waals surface area contributed by atoms with E-state index in [0.29, 0.717) is 41.4 Å². The van der Waals surface area contributed by atoms with Crippen molar-refractivity contribution in [2.24, 2.45) is 0 Å². The van der Waals surface area contributed by atoms with Crippen LogP contribution in [0.25, 0.3) is 10.2 Å². The maximum Gasteiger partial charge on any atom is 0.262 e. The smallest absolute Gasteiger partial charge is 0.262 e. The fraction of sp³-hybridized carbons (Fsp3) is 0.381. The number of thioether (sulfide) groups is 1. The number of nitrogens with zero attached hydrogens (tertiary/aromatic N) is 2. The first-order valence-electron chi connectivity index (χ1n) is 9.39. The van der Waals surface area contributed by atoms with E-state index in [2.05, 4.69) is 6.92 Å². The molecule has 0 unspecified atom stereocenters. The Hall–Kier alpha value is -2.16. The maximum atomic E-state index is 13.0. The molecule has 0 bridgehead atoms. The fourth-order valence-electron chi connectivity index (χ4n) is 2.89. The molecule has 0 radical (unpaired) electrons. The molecule has 0 atom stereocenters. The van der Waals surface area contributed by atoms with Crippen LogP contribution < -0.4 is 10.3 Å². The van der Waals surface area contributed by atoms with Crippen molar-refractivity contribution in [2.45, 2.75) is 31.5 Å². The van der Waals surface area contributed by atoms with Crippen LogP contribution in [0.3, 0.4) is 0 Å². The van der Waals surface area contributed by atoms with Gasteiger partial charge in [-0.3, -0.25) is 14.2 Å². The second-order valence-corrected chi connectivity index (χ2v) is 8.48. The van der Waals surface area contributed by atoms with Crippen molar-refractivity contribution in [3.05, 3.63) is 51.1 Å². The van der Waals surface area contributed by atoms with E-state index in [-0.39, 0.29) is 17.1 Å². The first-order valence-corrected chi connectivity index (χ1v) is 11.2. The van der Waals surface area contributed by atoms with E-state index in [0.717, 1.165) is 16.1 Å². The van der Waals surface area contributed by atoms with Crippen LogP contribution in [0.4, 0.5) is 0 Å². The minimum atomic E-state index is -0.0542. The lowest BCUT2D eigenvalue weighted by atomic mass is 10.1. The summed E-state index contributed by atoms with van der Waals surface area (Å²) in [5.74, 6) is 0.897. The van der Waals surface area contributed by atoms with E-state index in [1.54, 1.807) is 43.1 Å². The van der Waals surface area contributed by atoms with Crippen molar-refractivity contribution in [1.82, 2.24) is 9.55 Å². The molecule has 154 valence electrons. The predicted molar refractivity (Wildman–Crippen MR) is 118 cm³/mol. The number of hydrogen-bond donors (Lipinski definition) is 0. The van der Waals surface area contributed by atoms with Crippen LogP contribution >= 0.6 is 23.1 Å². The van der Waals surface area contributed by atoms with Crippen molar-refractivity contribution in [3.8, 4) is 5.75 Å². The van der Waals surface area contributed by atoms with Crippen LogP contribution in [-0.4, -0.2) is 41.9 Å². The average Bonchev–Trinajstić information content (AvgIpc) is 3.17. The summed E-state index contributed by atoms with van der Waals surface area (Å²) in [4.78, 5) is 32.2. The molecule has 0 aliphatic carbocycles. The Morgan fingerprint density at radius 2 is 2.00 bits per heavy atom. The van der Waals surface area contributed by atoms with E-state index >= 15 is 0 Å². The fourth-order valence-corrected chi connectivity index (χ4v) is 4.81. The third kappa shape index (κ3) is 5.07. The predicted octanol–water partition coefficient (Wildman–Crippen LogP) is 4.04. The molecule has 3 aromatic rings. The second kappa shape index (κ2) is 10.0. The molecule has 0 aliphatic heterocycles. The SMILES string of the molecule is CCc1cc2c(=O)n(CCCOC)c(SCC(=O)c3ccc(OC)cc3)nc2s1. The number of ether oxygens (including phenoxy) is 2. The summed E-state index contributed by atoms with van der Waals surface area (Å²) in [6.07, 6.45) is 1.57. The molecule has 2 aromatic heterocycles. The third-order valence-electron chi connectivity index (χ3n) is 4.49. The molecule has 29 heavy (non-hydrogen) atoms. The molecule has 0 fully saturated rings. The summed E-state index contributed by atoms with van der Waals surface area (Å²) in [6.45, 7) is 3.13. The van der Waals surface area contributed by atoms with Gasteiger partial charge in [0, 0.05) is 30.7 Å². The number of aryl methyl sites for hydroxylation is 1. The second-order valence-electron chi connectivity index (χ2n) is 6.42. The Balaban J connectivity index is 1.86. The van der Waals surface area contributed by atoms with Crippen molar-refractivity contribution in [2.75, 3.05) is 26.6 Å². The summed E-state index contributed by atoms with van der Waals surface area (Å²) in [5.41, 5.74) is 0.554. The Bertz CT molecular complexity index is 1040. The van der Waals surface area contributed by atoms with Crippen LogP contribution in [-0.2, 0) is 17.7 Å². The van der Waals surface area contributed by atoms with Gasteiger partial charge < -0.3 is 9.47 Å². The zero-order valence-electron chi connectivity index (χ0n) is 16.8. The molecule has 0 aliphatic rings. The van der Waals surface area contributed by atoms with Gasteiger partial charge in [-0.15, -0.1) is 11.3 Å². The monoisotopic (exact) mass is 432 g/mol. The molecule has 2 heterocycles. The standard InChI is InChI=1S/C21H24N2O4S2/c1-4-16-12-17-19(29-16)22-21(23(20(17)25)10-5-11-26-2)28-13-18(24)14-6-8-15(27-3)9-7-14/h6-9,12H,4-5,10-11,13H2,1-3H3. The van der Waals surface area contributed by atoms with Crippen molar-refractivity contribution < 1.29 is 14.3 Å². The molecule has 1 aromatic carbocycles. The lowest BCUT2D eigenvalue weighted by Crippen LogP contribution is -2.24. The van der Waals surface area contributed by atoms with E-state index < -0.39 is 0 Å². The van der Waals surface area contributed by atoms with Gasteiger partial charge in [0.2, 0.25) is 0 Å². The average molecular weight is 433 g/mol.